The van der Waals surface area contributed by atoms with Crippen LogP contribution in [-0.2, 0) is 6.54 Å². The second-order valence-electron chi connectivity index (χ2n) is 6.38. The van der Waals surface area contributed by atoms with Crippen LogP contribution >= 0.6 is 0 Å². The van der Waals surface area contributed by atoms with Crippen molar-refractivity contribution >= 4 is 5.91 Å². The molecule has 1 aromatic heterocycles. The Morgan fingerprint density at radius 1 is 1.25 bits per heavy atom. The molecule has 24 heavy (non-hydrogen) atoms. The number of nitrogens with zero attached hydrogens (tertiary/aromatic N) is 4. The van der Waals surface area contributed by atoms with E-state index in [-0.39, 0.29) is 11.8 Å². The lowest BCUT2D eigenvalue weighted by atomic mass is 9.98. The fourth-order valence-corrected chi connectivity index (χ4v) is 3.29. The number of nitriles is 1. The van der Waals surface area contributed by atoms with E-state index in [2.05, 4.69) is 23.3 Å². The van der Waals surface area contributed by atoms with Gasteiger partial charge in [0.05, 0.1) is 23.9 Å². The number of amides is 1. The highest BCUT2D eigenvalue weighted by Gasteiger charge is 2.27. The SMILES string of the molecule is Cc1nn(Cc2ccccc2)c(C)c1C(=O)N1CCC(C#N)CC1. The molecule has 2 heterocycles. The van der Waals surface area contributed by atoms with Crippen molar-refractivity contribution in [2.75, 3.05) is 13.1 Å². The number of aromatic nitrogens is 2. The van der Waals surface area contributed by atoms with Gasteiger partial charge in [0.15, 0.2) is 0 Å². The van der Waals surface area contributed by atoms with Crippen molar-refractivity contribution in [3.05, 3.63) is 52.8 Å². The van der Waals surface area contributed by atoms with Crippen LogP contribution in [0.15, 0.2) is 30.3 Å². The van der Waals surface area contributed by atoms with Gasteiger partial charge in [-0.05, 0) is 32.3 Å². The molecule has 5 nitrogen and oxygen atoms in total. The summed E-state index contributed by atoms with van der Waals surface area (Å²) < 4.78 is 1.90. The third-order valence-corrected chi connectivity index (χ3v) is 4.74. The van der Waals surface area contributed by atoms with Gasteiger partial charge in [-0.3, -0.25) is 9.48 Å². The average Bonchev–Trinajstić information content (AvgIpc) is 2.89. The van der Waals surface area contributed by atoms with Crippen molar-refractivity contribution in [3.63, 3.8) is 0 Å². The van der Waals surface area contributed by atoms with Gasteiger partial charge in [0.25, 0.3) is 5.91 Å². The van der Waals surface area contributed by atoms with E-state index < -0.39 is 0 Å². The smallest absolute Gasteiger partial charge is 0.257 e. The topological polar surface area (TPSA) is 61.9 Å². The Kier molecular flexibility index (Phi) is 4.66. The Balaban J connectivity index is 1.79. The molecule has 124 valence electrons. The van der Waals surface area contributed by atoms with Crippen molar-refractivity contribution in [2.45, 2.75) is 33.2 Å². The molecule has 1 aromatic carbocycles. The summed E-state index contributed by atoms with van der Waals surface area (Å²) in [7, 11) is 0. The number of aryl methyl sites for hydroxylation is 1. The number of hydrogen-bond donors (Lipinski definition) is 0. The van der Waals surface area contributed by atoms with Crippen molar-refractivity contribution in [1.82, 2.24) is 14.7 Å². The first-order valence-corrected chi connectivity index (χ1v) is 8.37. The highest BCUT2D eigenvalue weighted by Crippen LogP contribution is 2.22. The van der Waals surface area contributed by atoms with Crippen molar-refractivity contribution in [2.24, 2.45) is 5.92 Å². The normalized spacial score (nSPS) is 15.3. The van der Waals surface area contributed by atoms with Crippen molar-refractivity contribution in [1.29, 1.82) is 5.26 Å². The fourth-order valence-electron chi connectivity index (χ4n) is 3.29. The molecule has 0 saturated carbocycles. The molecule has 0 aliphatic carbocycles. The standard InChI is InChI=1S/C19H22N4O/c1-14-18(19(24)22-10-8-16(12-20)9-11-22)15(2)23(21-14)13-17-6-4-3-5-7-17/h3-7,16H,8-11,13H2,1-2H3. The van der Waals surface area contributed by atoms with Crippen LogP contribution in [0.4, 0.5) is 0 Å². The molecule has 1 aliphatic heterocycles. The predicted octanol–water partition coefficient (Wildman–Crippen LogP) is 2.92. The first kappa shape index (κ1) is 16.3. The molecule has 2 aromatic rings. The van der Waals surface area contributed by atoms with Gasteiger partial charge >= 0.3 is 0 Å². The van der Waals surface area contributed by atoms with Gasteiger partial charge in [0.1, 0.15) is 0 Å². The lowest BCUT2D eigenvalue weighted by molar-refractivity contribution is 0.0705. The molecule has 0 radical (unpaired) electrons. The number of rotatable bonds is 3. The molecule has 1 amide bonds. The number of hydrogen-bond acceptors (Lipinski definition) is 3. The summed E-state index contributed by atoms with van der Waals surface area (Å²) in [6.07, 6.45) is 1.52. The Hall–Kier alpha value is -2.61. The summed E-state index contributed by atoms with van der Waals surface area (Å²) in [5, 5.41) is 13.6. The summed E-state index contributed by atoms with van der Waals surface area (Å²) >= 11 is 0. The fraction of sp³-hybridized carbons (Fsp3) is 0.421. The minimum absolute atomic E-state index is 0.0423. The molecule has 0 N–H and O–H groups in total. The Bertz CT molecular complexity index is 765. The van der Waals surface area contributed by atoms with E-state index in [1.807, 2.05) is 41.6 Å². The summed E-state index contributed by atoms with van der Waals surface area (Å²) in [6, 6.07) is 12.4. The van der Waals surface area contributed by atoms with E-state index in [4.69, 9.17) is 5.26 Å². The maximum Gasteiger partial charge on any atom is 0.257 e. The molecule has 3 rings (SSSR count). The zero-order valence-electron chi connectivity index (χ0n) is 14.2. The lowest BCUT2D eigenvalue weighted by Crippen LogP contribution is -2.38. The zero-order chi connectivity index (χ0) is 17.1. The van der Waals surface area contributed by atoms with Gasteiger partial charge in [0.2, 0.25) is 0 Å². The van der Waals surface area contributed by atoms with Crippen LogP contribution in [0.1, 0.15) is 40.2 Å². The molecule has 1 fully saturated rings. The second kappa shape index (κ2) is 6.88. The van der Waals surface area contributed by atoms with Gasteiger partial charge in [-0.15, -0.1) is 0 Å². The average molecular weight is 322 g/mol. The van der Waals surface area contributed by atoms with Crippen LogP contribution in [0.2, 0.25) is 0 Å². The molecule has 1 aliphatic rings. The zero-order valence-corrected chi connectivity index (χ0v) is 14.2. The minimum Gasteiger partial charge on any atom is -0.338 e. The summed E-state index contributed by atoms with van der Waals surface area (Å²) in [6.45, 7) is 5.82. The van der Waals surface area contributed by atoms with Crippen molar-refractivity contribution in [3.8, 4) is 6.07 Å². The van der Waals surface area contributed by atoms with Gasteiger partial charge in [-0.1, -0.05) is 30.3 Å². The summed E-state index contributed by atoms with van der Waals surface area (Å²) in [4.78, 5) is 14.8. The highest BCUT2D eigenvalue weighted by atomic mass is 16.2. The van der Waals surface area contributed by atoms with Crippen LogP contribution in [0.3, 0.4) is 0 Å². The first-order valence-electron chi connectivity index (χ1n) is 8.37. The van der Waals surface area contributed by atoms with E-state index in [0.29, 0.717) is 25.2 Å². The monoisotopic (exact) mass is 322 g/mol. The van der Waals surface area contributed by atoms with Gasteiger partial charge in [0, 0.05) is 24.7 Å². The number of carbonyl (C=O) groups excluding carboxylic acids is 1. The van der Waals surface area contributed by atoms with Crippen LogP contribution in [-0.4, -0.2) is 33.7 Å². The number of carbonyl (C=O) groups is 1. The number of benzene rings is 1. The molecule has 5 heteroatoms. The van der Waals surface area contributed by atoms with E-state index in [1.54, 1.807) is 0 Å². The molecule has 0 atom stereocenters. The van der Waals surface area contributed by atoms with Gasteiger partial charge in [-0.2, -0.15) is 10.4 Å². The van der Waals surface area contributed by atoms with E-state index in [1.165, 1.54) is 0 Å². The van der Waals surface area contributed by atoms with E-state index in [0.717, 1.165) is 29.8 Å². The minimum atomic E-state index is 0.0423. The number of likely N-dealkylation sites (tertiary alicyclic amines) is 1. The van der Waals surface area contributed by atoms with Crippen LogP contribution in [0, 0.1) is 31.1 Å². The van der Waals surface area contributed by atoms with E-state index >= 15 is 0 Å². The lowest BCUT2D eigenvalue weighted by Gasteiger charge is -2.29. The van der Waals surface area contributed by atoms with Gasteiger partial charge < -0.3 is 4.90 Å². The van der Waals surface area contributed by atoms with Crippen LogP contribution in [0.25, 0.3) is 0 Å². The molecule has 0 unspecified atom stereocenters. The largest absolute Gasteiger partial charge is 0.338 e. The molecule has 0 spiro atoms. The highest BCUT2D eigenvalue weighted by molar-refractivity contribution is 5.96. The Morgan fingerprint density at radius 3 is 2.54 bits per heavy atom. The first-order chi connectivity index (χ1) is 11.6. The quantitative estimate of drug-likeness (QED) is 0.873. The molecule has 1 saturated heterocycles. The maximum atomic E-state index is 12.9. The van der Waals surface area contributed by atoms with E-state index in [9.17, 15) is 4.79 Å². The number of piperidine rings is 1. The van der Waals surface area contributed by atoms with Gasteiger partial charge in [-0.25, -0.2) is 0 Å². The van der Waals surface area contributed by atoms with Crippen LogP contribution < -0.4 is 0 Å². The third-order valence-electron chi connectivity index (χ3n) is 4.74. The van der Waals surface area contributed by atoms with Crippen LogP contribution in [0.5, 0.6) is 0 Å². The second-order valence-corrected chi connectivity index (χ2v) is 6.38. The Morgan fingerprint density at radius 2 is 1.92 bits per heavy atom. The summed E-state index contributed by atoms with van der Waals surface area (Å²) in [5.41, 5.74) is 3.55. The Labute approximate surface area is 142 Å². The third kappa shape index (κ3) is 3.18. The van der Waals surface area contributed by atoms with Crippen molar-refractivity contribution < 1.29 is 4.79 Å². The predicted molar refractivity (Wildman–Crippen MR) is 91.5 cm³/mol. The molecular formula is C19H22N4O. The maximum absolute atomic E-state index is 12.9. The molecule has 0 bridgehead atoms. The summed E-state index contributed by atoms with van der Waals surface area (Å²) in [5.74, 6) is 0.123. The molecular weight excluding hydrogens is 300 g/mol.